The SMILES string of the molecule is COC(=O)C1(NC(=O)OC(C)(C)C)CCN(C(=O)[C@H](N)CCCCNC(=O)OC(C)(C)C)CC1. The second-order valence-corrected chi connectivity index (χ2v) is 10.6. The van der Waals surface area contributed by atoms with Crippen molar-refractivity contribution >= 4 is 24.1 Å². The first-order valence-electron chi connectivity index (χ1n) is 11.7. The summed E-state index contributed by atoms with van der Waals surface area (Å²) in [7, 11) is 1.26. The number of alkyl carbamates (subject to hydrolysis) is 2. The predicted molar refractivity (Wildman–Crippen MR) is 126 cm³/mol. The van der Waals surface area contributed by atoms with Gasteiger partial charge in [0.15, 0.2) is 0 Å². The molecule has 0 aromatic rings. The molecule has 0 aromatic carbocycles. The molecule has 196 valence electrons. The Morgan fingerprint density at radius 1 is 0.941 bits per heavy atom. The lowest BCUT2D eigenvalue weighted by molar-refractivity contribution is -0.152. The van der Waals surface area contributed by atoms with Crippen molar-refractivity contribution in [2.45, 2.75) is 96.4 Å². The zero-order chi connectivity index (χ0) is 26.2. The Morgan fingerprint density at radius 3 is 1.97 bits per heavy atom. The summed E-state index contributed by atoms with van der Waals surface area (Å²) in [5, 5.41) is 5.32. The highest BCUT2D eigenvalue weighted by Crippen LogP contribution is 2.25. The van der Waals surface area contributed by atoms with Gasteiger partial charge in [-0.15, -0.1) is 0 Å². The summed E-state index contributed by atoms with van der Waals surface area (Å²) in [5.74, 6) is -0.789. The number of piperidine rings is 1. The van der Waals surface area contributed by atoms with Crippen LogP contribution in [0.1, 0.15) is 73.6 Å². The largest absolute Gasteiger partial charge is 0.467 e. The van der Waals surface area contributed by atoms with Crippen molar-refractivity contribution in [2.75, 3.05) is 26.7 Å². The molecule has 1 saturated heterocycles. The number of nitrogens with one attached hydrogen (secondary N) is 2. The number of hydrogen-bond acceptors (Lipinski definition) is 8. The molecule has 1 atom stereocenters. The van der Waals surface area contributed by atoms with Gasteiger partial charge in [0.1, 0.15) is 16.7 Å². The van der Waals surface area contributed by atoms with Crippen LogP contribution in [0.3, 0.4) is 0 Å². The minimum atomic E-state index is -1.26. The number of nitrogens with zero attached hydrogens (tertiary/aromatic N) is 1. The minimum absolute atomic E-state index is 0.192. The molecule has 1 rings (SSSR count). The average molecular weight is 487 g/mol. The molecule has 0 radical (unpaired) electrons. The molecule has 34 heavy (non-hydrogen) atoms. The smallest absolute Gasteiger partial charge is 0.408 e. The first-order valence-corrected chi connectivity index (χ1v) is 11.7. The van der Waals surface area contributed by atoms with E-state index in [-0.39, 0.29) is 31.8 Å². The van der Waals surface area contributed by atoms with Gasteiger partial charge in [-0.25, -0.2) is 14.4 Å². The molecule has 1 aliphatic rings. The Balaban J connectivity index is 2.51. The van der Waals surface area contributed by atoms with Gasteiger partial charge in [-0.1, -0.05) is 0 Å². The Hall–Kier alpha value is -2.56. The van der Waals surface area contributed by atoms with E-state index in [4.69, 9.17) is 19.9 Å². The van der Waals surface area contributed by atoms with E-state index in [1.807, 2.05) is 0 Å². The van der Waals surface area contributed by atoms with Crippen LogP contribution in [-0.4, -0.2) is 78.5 Å². The molecule has 1 heterocycles. The van der Waals surface area contributed by atoms with Gasteiger partial charge >= 0.3 is 18.2 Å². The van der Waals surface area contributed by atoms with E-state index in [9.17, 15) is 19.2 Å². The maximum atomic E-state index is 12.8. The van der Waals surface area contributed by atoms with E-state index in [0.29, 0.717) is 25.8 Å². The number of carbonyl (C=O) groups is 4. The van der Waals surface area contributed by atoms with Crippen molar-refractivity contribution in [3.05, 3.63) is 0 Å². The topological polar surface area (TPSA) is 149 Å². The number of ether oxygens (including phenoxy) is 3. The third kappa shape index (κ3) is 10.1. The number of amides is 3. The van der Waals surface area contributed by atoms with Crippen LogP contribution in [0.25, 0.3) is 0 Å². The van der Waals surface area contributed by atoms with Crippen LogP contribution < -0.4 is 16.4 Å². The predicted octanol–water partition coefficient (Wildman–Crippen LogP) is 2.07. The lowest BCUT2D eigenvalue weighted by Crippen LogP contribution is -2.62. The van der Waals surface area contributed by atoms with Crippen LogP contribution in [0.4, 0.5) is 9.59 Å². The van der Waals surface area contributed by atoms with Crippen LogP contribution >= 0.6 is 0 Å². The lowest BCUT2D eigenvalue weighted by atomic mass is 9.87. The highest BCUT2D eigenvalue weighted by Gasteiger charge is 2.45. The van der Waals surface area contributed by atoms with Gasteiger partial charge < -0.3 is 35.5 Å². The number of unbranched alkanes of at least 4 members (excludes halogenated alkanes) is 1. The molecule has 0 unspecified atom stereocenters. The lowest BCUT2D eigenvalue weighted by Gasteiger charge is -2.40. The molecule has 1 fully saturated rings. The molecule has 0 saturated carbocycles. The Labute approximate surface area is 202 Å². The zero-order valence-electron chi connectivity index (χ0n) is 21.6. The van der Waals surface area contributed by atoms with Gasteiger partial charge in [0, 0.05) is 19.6 Å². The fourth-order valence-electron chi connectivity index (χ4n) is 3.54. The van der Waals surface area contributed by atoms with Crippen molar-refractivity contribution in [1.29, 1.82) is 0 Å². The summed E-state index contributed by atoms with van der Waals surface area (Å²) in [5.41, 5.74) is 3.56. The fourth-order valence-corrected chi connectivity index (χ4v) is 3.54. The van der Waals surface area contributed by atoms with Gasteiger partial charge in [-0.3, -0.25) is 4.79 Å². The van der Waals surface area contributed by atoms with Gasteiger partial charge in [0.2, 0.25) is 5.91 Å². The zero-order valence-corrected chi connectivity index (χ0v) is 21.6. The number of esters is 1. The monoisotopic (exact) mass is 486 g/mol. The highest BCUT2D eigenvalue weighted by atomic mass is 16.6. The average Bonchev–Trinajstić information content (AvgIpc) is 2.69. The number of nitrogens with two attached hydrogens (primary N) is 1. The van der Waals surface area contributed by atoms with E-state index >= 15 is 0 Å². The van der Waals surface area contributed by atoms with Gasteiger partial charge in [0.05, 0.1) is 13.2 Å². The second kappa shape index (κ2) is 12.2. The molecule has 0 spiro atoms. The van der Waals surface area contributed by atoms with E-state index in [1.165, 1.54) is 7.11 Å². The van der Waals surface area contributed by atoms with Crippen LogP contribution in [0.5, 0.6) is 0 Å². The second-order valence-electron chi connectivity index (χ2n) is 10.6. The van der Waals surface area contributed by atoms with Crippen LogP contribution in [0.2, 0.25) is 0 Å². The summed E-state index contributed by atoms with van der Waals surface area (Å²) in [6.07, 6.45) is 0.969. The van der Waals surface area contributed by atoms with Crippen molar-refractivity contribution in [3.8, 4) is 0 Å². The van der Waals surface area contributed by atoms with Gasteiger partial charge in [-0.2, -0.15) is 0 Å². The van der Waals surface area contributed by atoms with E-state index in [1.54, 1.807) is 46.4 Å². The molecule has 11 heteroatoms. The third-order valence-electron chi connectivity index (χ3n) is 5.17. The molecule has 3 amide bonds. The fraction of sp³-hybridized carbons (Fsp3) is 0.826. The Kier molecular flexibility index (Phi) is 10.6. The van der Waals surface area contributed by atoms with Crippen molar-refractivity contribution in [3.63, 3.8) is 0 Å². The summed E-state index contributed by atoms with van der Waals surface area (Å²) in [6.45, 7) is 11.5. The first kappa shape index (κ1) is 29.5. The standard InChI is InChI=1S/C23H42N4O7/c1-21(2,3)33-19(30)25-13-9-8-10-16(24)17(28)27-14-11-23(12-15-27,18(29)32-7)26-20(31)34-22(4,5)6/h16H,8-15,24H2,1-7H3,(H,25,30)(H,26,31)/t16-/m1/s1. The van der Waals surface area contributed by atoms with Crippen LogP contribution in [0.15, 0.2) is 0 Å². The molecule has 0 bridgehead atoms. The normalized spacial score (nSPS) is 16.8. The number of rotatable bonds is 8. The first-order chi connectivity index (χ1) is 15.6. The van der Waals surface area contributed by atoms with E-state index < -0.39 is 40.9 Å². The van der Waals surface area contributed by atoms with Crippen LogP contribution in [0, 0.1) is 0 Å². The number of hydrogen-bond donors (Lipinski definition) is 3. The van der Waals surface area contributed by atoms with E-state index in [0.717, 1.165) is 0 Å². The van der Waals surface area contributed by atoms with Crippen LogP contribution in [-0.2, 0) is 23.8 Å². The number of likely N-dealkylation sites (tertiary alicyclic amines) is 1. The van der Waals surface area contributed by atoms with Crippen molar-refractivity contribution in [2.24, 2.45) is 5.73 Å². The maximum absolute atomic E-state index is 12.8. The van der Waals surface area contributed by atoms with E-state index in [2.05, 4.69) is 10.6 Å². The molecule has 0 aromatic heterocycles. The third-order valence-corrected chi connectivity index (χ3v) is 5.17. The summed E-state index contributed by atoms with van der Waals surface area (Å²) < 4.78 is 15.4. The van der Waals surface area contributed by atoms with Crippen molar-refractivity contribution < 1.29 is 33.4 Å². The summed E-state index contributed by atoms with van der Waals surface area (Å²) >= 11 is 0. The Morgan fingerprint density at radius 2 is 1.47 bits per heavy atom. The number of methoxy groups -OCH3 is 1. The molecular weight excluding hydrogens is 444 g/mol. The van der Waals surface area contributed by atoms with Gasteiger partial charge in [0.25, 0.3) is 0 Å². The van der Waals surface area contributed by atoms with Gasteiger partial charge in [-0.05, 0) is 73.6 Å². The highest BCUT2D eigenvalue weighted by molar-refractivity contribution is 5.87. The van der Waals surface area contributed by atoms with Crippen molar-refractivity contribution in [1.82, 2.24) is 15.5 Å². The minimum Gasteiger partial charge on any atom is -0.467 e. The summed E-state index contributed by atoms with van der Waals surface area (Å²) in [6, 6.07) is -0.689. The summed E-state index contributed by atoms with van der Waals surface area (Å²) in [4.78, 5) is 50.8. The molecule has 0 aliphatic carbocycles. The Bertz CT molecular complexity index is 720. The molecule has 4 N–H and O–H groups in total. The molecular formula is C23H42N4O7. The maximum Gasteiger partial charge on any atom is 0.408 e. The quantitative estimate of drug-likeness (QED) is 0.268. The molecule has 11 nitrogen and oxygen atoms in total. The molecule has 1 aliphatic heterocycles. The number of carbonyl (C=O) groups excluding carboxylic acids is 4.